The van der Waals surface area contributed by atoms with Crippen LogP contribution in [-0.4, -0.2) is 93.8 Å². The number of rotatable bonds is 16. The second-order valence-electron chi connectivity index (χ2n) is 7.26. The number of ether oxygens (including phenoxy) is 4. The van der Waals surface area contributed by atoms with Crippen LogP contribution in [0.15, 0.2) is 0 Å². The summed E-state index contributed by atoms with van der Waals surface area (Å²) in [6.45, 7) is 2.87. The maximum atomic E-state index is 12.1. The normalized spacial score (nSPS) is 10.7. The molecule has 0 aliphatic heterocycles. The van der Waals surface area contributed by atoms with Crippen molar-refractivity contribution in [3.63, 3.8) is 0 Å². The molecule has 0 aromatic heterocycles. The van der Waals surface area contributed by atoms with Crippen LogP contribution in [0.5, 0.6) is 0 Å². The highest BCUT2D eigenvalue weighted by Gasteiger charge is 2.38. The molecule has 0 amide bonds. The van der Waals surface area contributed by atoms with E-state index in [0.29, 0.717) is 47.0 Å². The minimum Gasteiger partial charge on any atom is -0.464 e. The molecule has 0 spiro atoms. The molecular formula is C21H28O12S4. The number of carbonyl (C=O) groups is 8. The first kappa shape index (κ1) is 35.0. The van der Waals surface area contributed by atoms with Gasteiger partial charge in [0.05, 0.1) is 23.0 Å². The van der Waals surface area contributed by atoms with Crippen molar-refractivity contribution < 1.29 is 57.3 Å². The SMILES string of the molecule is CC(=O)SCC(=O)OCC(COC(=O)CSC(C)=O)(COC(=O)CSC(C)=O)COC(=O)CSC(C)=O. The topological polar surface area (TPSA) is 173 Å². The lowest BCUT2D eigenvalue weighted by Gasteiger charge is -2.31. The molecule has 12 nitrogen and oxygen atoms in total. The average molecular weight is 601 g/mol. The van der Waals surface area contributed by atoms with Gasteiger partial charge in [0, 0.05) is 27.7 Å². The average Bonchev–Trinajstić information content (AvgIpc) is 2.82. The van der Waals surface area contributed by atoms with Gasteiger partial charge in [0.25, 0.3) is 0 Å². The molecule has 0 bridgehead atoms. The molecule has 0 N–H and O–H groups in total. The molecule has 0 unspecified atom stereocenters. The Morgan fingerprint density at radius 3 is 0.784 bits per heavy atom. The highest BCUT2D eigenvalue weighted by molar-refractivity contribution is 8.14. The lowest BCUT2D eigenvalue weighted by atomic mass is 9.92. The molecule has 37 heavy (non-hydrogen) atoms. The third kappa shape index (κ3) is 19.7. The van der Waals surface area contributed by atoms with E-state index in [1.54, 1.807) is 0 Å². The van der Waals surface area contributed by atoms with Gasteiger partial charge in [-0.1, -0.05) is 47.0 Å². The van der Waals surface area contributed by atoms with Crippen molar-refractivity contribution in [1.82, 2.24) is 0 Å². The van der Waals surface area contributed by atoms with Gasteiger partial charge in [-0.15, -0.1) is 0 Å². The maximum absolute atomic E-state index is 12.1. The Bertz CT molecular complexity index is 732. The van der Waals surface area contributed by atoms with Crippen molar-refractivity contribution in [2.24, 2.45) is 5.41 Å². The quantitative estimate of drug-likeness (QED) is 0.183. The minimum absolute atomic E-state index is 0.315. The lowest BCUT2D eigenvalue weighted by molar-refractivity contribution is -0.167. The van der Waals surface area contributed by atoms with Crippen molar-refractivity contribution in [2.45, 2.75) is 27.7 Å². The van der Waals surface area contributed by atoms with E-state index in [-0.39, 0.29) is 43.5 Å². The van der Waals surface area contributed by atoms with E-state index in [1.165, 1.54) is 27.7 Å². The highest BCUT2D eigenvalue weighted by Crippen LogP contribution is 2.23. The maximum Gasteiger partial charge on any atom is 0.316 e. The summed E-state index contributed by atoms with van der Waals surface area (Å²) >= 11 is 2.80. The van der Waals surface area contributed by atoms with E-state index in [9.17, 15) is 38.4 Å². The molecule has 208 valence electrons. The summed E-state index contributed by atoms with van der Waals surface area (Å²) in [5.74, 6) is -4.48. The first-order chi connectivity index (χ1) is 17.2. The second-order valence-corrected chi connectivity index (χ2v) is 11.9. The van der Waals surface area contributed by atoms with Crippen molar-refractivity contribution in [2.75, 3.05) is 49.4 Å². The molecule has 0 heterocycles. The van der Waals surface area contributed by atoms with Crippen molar-refractivity contribution >= 4 is 91.4 Å². The largest absolute Gasteiger partial charge is 0.464 e. The van der Waals surface area contributed by atoms with E-state index in [1.807, 2.05) is 0 Å². The number of hydrogen-bond donors (Lipinski definition) is 0. The molecule has 0 atom stereocenters. The van der Waals surface area contributed by atoms with Crippen LogP contribution in [0.3, 0.4) is 0 Å². The lowest BCUT2D eigenvalue weighted by Crippen LogP contribution is -2.44. The number of thioether (sulfide) groups is 4. The molecule has 0 fully saturated rings. The standard InChI is InChI=1S/C21H28O12S4/c1-13(22)34-5-17(26)30-9-21(10-31-18(27)6-35-14(2)23,11-32-19(28)7-36-15(3)24)12-33-20(29)8-37-16(4)25/h5-12H2,1-4H3. The van der Waals surface area contributed by atoms with E-state index in [4.69, 9.17) is 18.9 Å². The van der Waals surface area contributed by atoms with Gasteiger partial charge in [-0.25, -0.2) is 0 Å². The van der Waals surface area contributed by atoms with E-state index < -0.39 is 55.7 Å². The Hall–Kier alpha value is -2.04. The summed E-state index contributed by atoms with van der Waals surface area (Å²) in [6.07, 6.45) is 0. The van der Waals surface area contributed by atoms with E-state index in [2.05, 4.69) is 0 Å². The first-order valence-electron chi connectivity index (χ1n) is 10.4. The van der Waals surface area contributed by atoms with Crippen LogP contribution in [0.4, 0.5) is 0 Å². The van der Waals surface area contributed by atoms with E-state index in [0.717, 1.165) is 0 Å². The predicted molar refractivity (Wildman–Crippen MR) is 139 cm³/mol. The Kier molecular flexibility index (Phi) is 18.0. The number of carbonyl (C=O) groups excluding carboxylic acids is 8. The highest BCUT2D eigenvalue weighted by atomic mass is 32.2. The van der Waals surface area contributed by atoms with Gasteiger partial charge < -0.3 is 18.9 Å². The van der Waals surface area contributed by atoms with Crippen LogP contribution in [0, 0.1) is 5.41 Å². The van der Waals surface area contributed by atoms with Gasteiger partial charge in [0.1, 0.15) is 31.8 Å². The zero-order valence-corrected chi connectivity index (χ0v) is 24.0. The van der Waals surface area contributed by atoms with Gasteiger partial charge in [-0.2, -0.15) is 0 Å². The fourth-order valence-corrected chi connectivity index (χ4v) is 3.61. The molecule has 0 aromatic rings. The van der Waals surface area contributed by atoms with Crippen LogP contribution in [0.2, 0.25) is 0 Å². The molecule has 0 saturated carbocycles. The van der Waals surface area contributed by atoms with Crippen LogP contribution >= 0.6 is 47.0 Å². The molecule has 0 radical (unpaired) electrons. The first-order valence-corrected chi connectivity index (χ1v) is 14.3. The third-order valence-corrected chi connectivity index (χ3v) is 6.88. The van der Waals surface area contributed by atoms with Crippen LogP contribution in [0.25, 0.3) is 0 Å². The third-order valence-electron chi connectivity index (χ3n) is 3.73. The van der Waals surface area contributed by atoms with Crippen molar-refractivity contribution in [3.05, 3.63) is 0 Å². The predicted octanol–water partition coefficient (Wildman–Crippen LogP) is 1.26. The van der Waals surface area contributed by atoms with Gasteiger partial charge in [0.2, 0.25) is 0 Å². The van der Waals surface area contributed by atoms with Crippen molar-refractivity contribution in [3.8, 4) is 0 Å². The molecule has 0 aromatic carbocycles. The molecule has 0 rings (SSSR count). The van der Waals surface area contributed by atoms with Gasteiger partial charge >= 0.3 is 23.9 Å². The number of esters is 4. The fourth-order valence-electron chi connectivity index (χ4n) is 1.99. The van der Waals surface area contributed by atoms with Gasteiger partial charge in [-0.3, -0.25) is 38.4 Å². The summed E-state index contributed by atoms with van der Waals surface area (Å²) in [7, 11) is 0. The second kappa shape index (κ2) is 19.1. The smallest absolute Gasteiger partial charge is 0.316 e. The molecular weight excluding hydrogens is 572 g/mol. The Balaban J connectivity index is 5.65. The minimum atomic E-state index is -1.57. The van der Waals surface area contributed by atoms with E-state index >= 15 is 0 Å². The Morgan fingerprint density at radius 1 is 0.432 bits per heavy atom. The summed E-state index contributed by atoms with van der Waals surface area (Å²) in [5, 5.41) is -1.30. The van der Waals surface area contributed by atoms with Gasteiger partial charge in [0.15, 0.2) is 20.5 Å². The summed E-state index contributed by atoms with van der Waals surface area (Å²) < 4.78 is 20.7. The molecule has 0 saturated heterocycles. The monoisotopic (exact) mass is 600 g/mol. The Labute approximate surface area is 230 Å². The molecule has 0 aliphatic rings. The summed E-state index contributed by atoms with van der Waals surface area (Å²) in [6, 6.07) is 0. The van der Waals surface area contributed by atoms with Crippen molar-refractivity contribution in [1.29, 1.82) is 0 Å². The zero-order chi connectivity index (χ0) is 28.4. The molecule has 16 heteroatoms. The van der Waals surface area contributed by atoms with Gasteiger partial charge in [-0.05, 0) is 0 Å². The summed E-state index contributed by atoms with van der Waals surface area (Å²) in [5.41, 5.74) is -1.57. The van der Waals surface area contributed by atoms with Crippen LogP contribution < -0.4 is 0 Å². The zero-order valence-electron chi connectivity index (χ0n) is 20.7. The van der Waals surface area contributed by atoms with Crippen LogP contribution in [0.1, 0.15) is 27.7 Å². The molecule has 0 aliphatic carbocycles. The number of hydrogen-bond acceptors (Lipinski definition) is 16. The Morgan fingerprint density at radius 2 is 0.622 bits per heavy atom. The fraction of sp³-hybridized carbons (Fsp3) is 0.619. The van der Waals surface area contributed by atoms with Crippen LogP contribution in [-0.2, 0) is 57.3 Å². The summed E-state index contributed by atoms with van der Waals surface area (Å²) in [4.78, 5) is 92.9.